The van der Waals surface area contributed by atoms with Gasteiger partial charge in [-0.15, -0.1) is 0 Å². The highest BCUT2D eigenvalue weighted by Crippen LogP contribution is 2.16. The highest BCUT2D eigenvalue weighted by molar-refractivity contribution is 6.30. The first kappa shape index (κ1) is 14.9. The van der Waals surface area contributed by atoms with E-state index >= 15 is 0 Å². The van der Waals surface area contributed by atoms with E-state index in [4.69, 9.17) is 11.6 Å². The lowest BCUT2D eigenvalue weighted by molar-refractivity contribution is -0.687. The van der Waals surface area contributed by atoms with E-state index in [1.54, 1.807) is 0 Å². The third kappa shape index (κ3) is 3.07. The Morgan fingerprint density at radius 3 is 2.27 bits per heavy atom. The van der Waals surface area contributed by atoms with Crippen LogP contribution in [0.15, 0.2) is 55.1 Å². The predicted molar refractivity (Wildman–Crippen MR) is 90.7 cm³/mol. The molecule has 0 fully saturated rings. The molecular weight excluding hydrogens is 292 g/mol. The number of nitrogens with zero attached hydrogens (tertiary/aromatic N) is 2. The summed E-state index contributed by atoms with van der Waals surface area (Å²) in [5, 5.41) is 0.759. The van der Waals surface area contributed by atoms with E-state index in [1.807, 2.05) is 24.3 Å². The van der Waals surface area contributed by atoms with Gasteiger partial charge in [0.25, 0.3) is 0 Å². The summed E-state index contributed by atoms with van der Waals surface area (Å²) < 4.78 is 4.31. The van der Waals surface area contributed by atoms with Crippen LogP contribution in [0, 0.1) is 20.8 Å². The molecule has 3 rings (SSSR count). The van der Waals surface area contributed by atoms with Gasteiger partial charge in [0.15, 0.2) is 0 Å². The molecule has 1 aromatic heterocycles. The molecule has 0 N–H and O–H groups in total. The van der Waals surface area contributed by atoms with Gasteiger partial charge in [-0.2, -0.15) is 0 Å². The molecule has 0 saturated heterocycles. The van der Waals surface area contributed by atoms with Gasteiger partial charge in [0.2, 0.25) is 6.33 Å². The lowest BCUT2D eigenvalue weighted by Crippen LogP contribution is -2.32. The zero-order chi connectivity index (χ0) is 15.7. The van der Waals surface area contributed by atoms with Crippen LogP contribution >= 0.6 is 11.6 Å². The van der Waals surface area contributed by atoms with Gasteiger partial charge in [0.1, 0.15) is 24.6 Å². The highest BCUT2D eigenvalue weighted by Gasteiger charge is 2.10. The van der Waals surface area contributed by atoms with Gasteiger partial charge >= 0.3 is 0 Å². The summed E-state index contributed by atoms with van der Waals surface area (Å²) in [5.41, 5.74) is 6.53. The Morgan fingerprint density at radius 1 is 1.00 bits per heavy atom. The molecule has 3 heteroatoms. The molecule has 0 amide bonds. The van der Waals surface area contributed by atoms with Crippen molar-refractivity contribution in [3.8, 4) is 5.69 Å². The van der Waals surface area contributed by atoms with Crippen LogP contribution in [-0.2, 0) is 6.54 Å². The molecule has 0 aliphatic rings. The molecule has 2 nitrogen and oxygen atoms in total. The van der Waals surface area contributed by atoms with Crippen LogP contribution in [0.4, 0.5) is 0 Å². The molecule has 0 bridgehead atoms. The second-order valence-electron chi connectivity index (χ2n) is 5.85. The van der Waals surface area contributed by atoms with Crippen molar-refractivity contribution in [3.05, 3.63) is 82.4 Å². The Morgan fingerprint density at radius 2 is 1.64 bits per heavy atom. The van der Waals surface area contributed by atoms with Gasteiger partial charge in [-0.25, -0.2) is 9.13 Å². The lowest BCUT2D eigenvalue weighted by atomic mass is 10.00. The predicted octanol–water partition coefficient (Wildman–Crippen LogP) is 4.39. The summed E-state index contributed by atoms with van der Waals surface area (Å²) in [6.45, 7) is 7.41. The summed E-state index contributed by atoms with van der Waals surface area (Å²) in [7, 11) is 0. The second kappa shape index (κ2) is 5.98. The van der Waals surface area contributed by atoms with Crippen LogP contribution in [0.1, 0.15) is 22.3 Å². The minimum Gasteiger partial charge on any atom is -0.232 e. The second-order valence-corrected chi connectivity index (χ2v) is 6.28. The molecule has 0 radical (unpaired) electrons. The summed E-state index contributed by atoms with van der Waals surface area (Å²) in [4.78, 5) is 0. The topological polar surface area (TPSA) is 8.81 Å². The highest BCUT2D eigenvalue weighted by atomic mass is 35.5. The number of benzene rings is 2. The minimum atomic E-state index is 0.759. The van der Waals surface area contributed by atoms with Crippen molar-refractivity contribution >= 4 is 11.6 Å². The maximum Gasteiger partial charge on any atom is 0.249 e. The van der Waals surface area contributed by atoms with E-state index in [9.17, 15) is 0 Å². The standard InChI is InChI=1S/C19H20ClN2/c1-14-10-15(2)19(16(3)11-14)12-21-8-9-22(13-21)18-6-4-17(20)5-7-18/h4-11,13H,12H2,1-3H3/q+1. The molecule has 0 unspecified atom stereocenters. The van der Waals surface area contributed by atoms with E-state index < -0.39 is 0 Å². The van der Waals surface area contributed by atoms with Crippen LogP contribution in [0.5, 0.6) is 0 Å². The van der Waals surface area contributed by atoms with Crippen LogP contribution in [0.2, 0.25) is 5.02 Å². The molecule has 0 saturated carbocycles. The third-order valence-electron chi connectivity index (χ3n) is 4.00. The fourth-order valence-corrected chi connectivity index (χ4v) is 3.02. The molecule has 2 aromatic carbocycles. The Balaban J connectivity index is 1.87. The molecule has 22 heavy (non-hydrogen) atoms. The van der Waals surface area contributed by atoms with E-state index in [0.717, 1.165) is 17.3 Å². The maximum atomic E-state index is 5.94. The fourth-order valence-electron chi connectivity index (χ4n) is 2.90. The van der Waals surface area contributed by atoms with Gasteiger partial charge in [0, 0.05) is 5.02 Å². The summed E-state index contributed by atoms with van der Waals surface area (Å²) in [5.74, 6) is 0. The molecular formula is C19H20ClN2+. The van der Waals surface area contributed by atoms with Gasteiger partial charge in [-0.3, -0.25) is 0 Å². The normalized spacial score (nSPS) is 10.9. The third-order valence-corrected chi connectivity index (χ3v) is 4.25. The van der Waals surface area contributed by atoms with Gasteiger partial charge < -0.3 is 0 Å². The first-order valence-electron chi connectivity index (χ1n) is 7.42. The van der Waals surface area contributed by atoms with E-state index in [-0.39, 0.29) is 0 Å². The van der Waals surface area contributed by atoms with Crippen LogP contribution in [-0.4, -0.2) is 4.57 Å². The zero-order valence-electron chi connectivity index (χ0n) is 13.2. The van der Waals surface area contributed by atoms with Crippen LogP contribution in [0.25, 0.3) is 5.69 Å². The van der Waals surface area contributed by atoms with E-state index in [2.05, 4.69) is 60.8 Å². The van der Waals surface area contributed by atoms with E-state index in [1.165, 1.54) is 22.3 Å². The average Bonchev–Trinajstić information content (AvgIpc) is 2.92. The molecule has 112 valence electrons. The number of hydrogen-bond acceptors (Lipinski definition) is 0. The monoisotopic (exact) mass is 311 g/mol. The number of halogens is 1. The number of aromatic nitrogens is 2. The first-order chi connectivity index (χ1) is 10.5. The summed E-state index contributed by atoms with van der Waals surface area (Å²) in [6.07, 6.45) is 6.29. The van der Waals surface area contributed by atoms with Gasteiger partial charge in [-0.1, -0.05) is 29.3 Å². The minimum absolute atomic E-state index is 0.759. The molecule has 1 heterocycles. The first-order valence-corrected chi connectivity index (χ1v) is 7.80. The molecule has 0 atom stereocenters. The van der Waals surface area contributed by atoms with Crippen molar-refractivity contribution < 1.29 is 4.57 Å². The Labute approximate surface area is 136 Å². The van der Waals surface area contributed by atoms with E-state index in [0.29, 0.717) is 0 Å². The molecule has 0 aliphatic carbocycles. The largest absolute Gasteiger partial charge is 0.249 e. The van der Waals surface area contributed by atoms with Crippen molar-refractivity contribution in [1.82, 2.24) is 4.57 Å². The van der Waals surface area contributed by atoms with Gasteiger partial charge in [-0.05, 0) is 61.7 Å². The van der Waals surface area contributed by atoms with Crippen molar-refractivity contribution in [2.45, 2.75) is 27.3 Å². The Bertz CT molecular complexity index is 778. The Hall–Kier alpha value is -2.06. The van der Waals surface area contributed by atoms with Gasteiger partial charge in [0.05, 0.1) is 0 Å². The zero-order valence-corrected chi connectivity index (χ0v) is 13.9. The van der Waals surface area contributed by atoms with Crippen molar-refractivity contribution in [2.75, 3.05) is 0 Å². The van der Waals surface area contributed by atoms with Crippen LogP contribution in [0.3, 0.4) is 0 Å². The number of rotatable bonds is 3. The fraction of sp³-hybridized carbons (Fsp3) is 0.211. The SMILES string of the molecule is Cc1cc(C)c(C[n+]2ccn(-c3ccc(Cl)cc3)c2)c(C)c1. The van der Waals surface area contributed by atoms with Crippen molar-refractivity contribution in [1.29, 1.82) is 0 Å². The lowest BCUT2D eigenvalue weighted by Gasteiger charge is -2.09. The summed E-state index contributed by atoms with van der Waals surface area (Å²) in [6, 6.07) is 12.4. The van der Waals surface area contributed by atoms with Crippen molar-refractivity contribution in [3.63, 3.8) is 0 Å². The molecule has 0 spiro atoms. The number of hydrogen-bond donors (Lipinski definition) is 0. The Kier molecular flexibility index (Phi) is 4.04. The quantitative estimate of drug-likeness (QED) is 0.634. The smallest absolute Gasteiger partial charge is 0.232 e. The van der Waals surface area contributed by atoms with Crippen LogP contribution < -0.4 is 4.57 Å². The molecule has 3 aromatic rings. The average molecular weight is 312 g/mol. The van der Waals surface area contributed by atoms with Crippen molar-refractivity contribution in [2.24, 2.45) is 0 Å². The number of aryl methyl sites for hydroxylation is 3. The number of imidazole rings is 1. The molecule has 0 aliphatic heterocycles. The maximum absolute atomic E-state index is 5.94. The summed E-state index contributed by atoms with van der Waals surface area (Å²) >= 11 is 5.94.